The van der Waals surface area contributed by atoms with Crippen LogP contribution < -0.4 is 10.6 Å². The third kappa shape index (κ3) is 4.09. The van der Waals surface area contributed by atoms with Crippen LogP contribution in [-0.2, 0) is 0 Å². The molecule has 0 fully saturated rings. The molecular weight excluding hydrogens is 282 g/mol. The number of carbonyl (C=O) groups is 1. The van der Waals surface area contributed by atoms with Gasteiger partial charge in [-0.3, -0.25) is 14.9 Å². The van der Waals surface area contributed by atoms with E-state index in [1.54, 1.807) is 0 Å². The predicted molar refractivity (Wildman–Crippen MR) is 79.4 cm³/mol. The van der Waals surface area contributed by atoms with Gasteiger partial charge in [0.05, 0.1) is 9.95 Å². The van der Waals surface area contributed by atoms with Crippen LogP contribution in [0.1, 0.15) is 31.1 Å². The van der Waals surface area contributed by atoms with E-state index in [4.69, 9.17) is 11.6 Å². The number of anilines is 1. The highest BCUT2D eigenvalue weighted by atomic mass is 35.5. The Morgan fingerprint density at radius 3 is 2.45 bits per heavy atom. The average molecular weight is 300 g/mol. The molecule has 0 unspecified atom stereocenters. The summed E-state index contributed by atoms with van der Waals surface area (Å²) in [6.07, 6.45) is 0. The van der Waals surface area contributed by atoms with Crippen LogP contribution in [0.4, 0.5) is 11.4 Å². The first kappa shape index (κ1) is 16.2. The Bertz CT molecular complexity index is 538. The number of hydrogen-bond donors (Lipinski definition) is 2. The van der Waals surface area contributed by atoms with Crippen molar-refractivity contribution in [2.24, 2.45) is 5.41 Å². The Labute approximate surface area is 122 Å². The first-order valence-electron chi connectivity index (χ1n) is 6.09. The molecule has 0 aliphatic rings. The minimum absolute atomic E-state index is 0.0731. The third-order valence-corrected chi connectivity index (χ3v) is 2.86. The number of amides is 1. The van der Waals surface area contributed by atoms with Gasteiger partial charge in [-0.05, 0) is 11.5 Å². The topological polar surface area (TPSA) is 84.3 Å². The largest absolute Gasteiger partial charge is 0.381 e. The van der Waals surface area contributed by atoms with Crippen LogP contribution in [0.3, 0.4) is 0 Å². The van der Waals surface area contributed by atoms with E-state index in [-0.39, 0.29) is 33.3 Å². The van der Waals surface area contributed by atoms with Gasteiger partial charge in [0.25, 0.3) is 11.6 Å². The lowest BCUT2D eigenvalue weighted by Crippen LogP contribution is -2.32. The number of nitrogens with one attached hydrogen (secondary N) is 2. The molecule has 0 bridgehead atoms. The number of rotatable bonds is 4. The molecule has 110 valence electrons. The number of nitro benzene ring substituents is 1. The maximum atomic E-state index is 12.0. The average Bonchev–Trinajstić information content (AvgIpc) is 2.33. The van der Waals surface area contributed by atoms with Crippen molar-refractivity contribution in [2.45, 2.75) is 20.8 Å². The smallest absolute Gasteiger partial charge is 0.294 e. The first-order chi connectivity index (χ1) is 9.15. The van der Waals surface area contributed by atoms with Gasteiger partial charge in [-0.15, -0.1) is 0 Å². The fraction of sp³-hybridized carbons (Fsp3) is 0.462. The Morgan fingerprint density at radius 1 is 1.40 bits per heavy atom. The highest BCUT2D eigenvalue weighted by Gasteiger charge is 2.21. The van der Waals surface area contributed by atoms with Crippen LogP contribution in [0.5, 0.6) is 0 Å². The number of nitro groups is 1. The lowest BCUT2D eigenvalue weighted by atomic mass is 9.97. The summed E-state index contributed by atoms with van der Waals surface area (Å²) in [5.41, 5.74) is 0.0749. The lowest BCUT2D eigenvalue weighted by molar-refractivity contribution is -0.383. The molecule has 1 rings (SSSR count). The second kappa shape index (κ2) is 6.09. The van der Waals surface area contributed by atoms with Crippen molar-refractivity contribution in [1.82, 2.24) is 5.32 Å². The monoisotopic (exact) mass is 299 g/mol. The molecule has 20 heavy (non-hydrogen) atoms. The van der Waals surface area contributed by atoms with Gasteiger partial charge in [-0.2, -0.15) is 0 Å². The molecule has 0 spiro atoms. The van der Waals surface area contributed by atoms with E-state index in [0.717, 1.165) is 0 Å². The Kier molecular flexibility index (Phi) is 4.94. The van der Waals surface area contributed by atoms with E-state index >= 15 is 0 Å². The van der Waals surface area contributed by atoms with Gasteiger partial charge in [0, 0.05) is 25.2 Å². The summed E-state index contributed by atoms with van der Waals surface area (Å²) < 4.78 is 0. The number of nitrogens with zero attached hydrogens (tertiary/aromatic N) is 1. The van der Waals surface area contributed by atoms with Crippen molar-refractivity contribution in [3.8, 4) is 0 Å². The fourth-order valence-corrected chi connectivity index (χ4v) is 1.87. The summed E-state index contributed by atoms with van der Waals surface area (Å²) in [4.78, 5) is 22.4. The highest BCUT2D eigenvalue weighted by Crippen LogP contribution is 2.33. The van der Waals surface area contributed by atoms with Gasteiger partial charge in [-0.25, -0.2) is 0 Å². The molecule has 1 aromatic carbocycles. The van der Waals surface area contributed by atoms with Crippen molar-refractivity contribution in [3.63, 3.8) is 0 Å². The molecule has 0 heterocycles. The number of hydrogen-bond acceptors (Lipinski definition) is 4. The number of halogens is 1. The summed E-state index contributed by atoms with van der Waals surface area (Å²) >= 11 is 5.97. The van der Waals surface area contributed by atoms with Crippen molar-refractivity contribution < 1.29 is 9.72 Å². The minimum atomic E-state index is -0.571. The maximum absolute atomic E-state index is 12.0. The Morgan fingerprint density at radius 2 is 2.00 bits per heavy atom. The van der Waals surface area contributed by atoms with E-state index in [1.807, 2.05) is 20.8 Å². The molecule has 2 N–H and O–H groups in total. The molecular formula is C13H18ClN3O3. The molecule has 0 aromatic heterocycles. The Balaban J connectivity index is 3.08. The number of benzene rings is 1. The quantitative estimate of drug-likeness (QED) is 0.661. The second-order valence-corrected chi connectivity index (χ2v) is 6.01. The second-order valence-electron chi connectivity index (χ2n) is 5.60. The maximum Gasteiger partial charge on any atom is 0.294 e. The van der Waals surface area contributed by atoms with Gasteiger partial charge in [0.2, 0.25) is 0 Å². The molecule has 0 aliphatic carbocycles. The third-order valence-electron chi connectivity index (χ3n) is 2.56. The molecule has 1 aromatic rings. The summed E-state index contributed by atoms with van der Waals surface area (Å²) in [6, 6.07) is 2.63. The molecule has 6 nitrogen and oxygen atoms in total. The summed E-state index contributed by atoms with van der Waals surface area (Å²) in [5, 5.41) is 16.5. The zero-order chi connectivity index (χ0) is 15.5. The highest BCUT2D eigenvalue weighted by molar-refractivity contribution is 6.34. The van der Waals surface area contributed by atoms with Crippen molar-refractivity contribution >= 4 is 28.9 Å². The Hall–Kier alpha value is -1.82. The van der Waals surface area contributed by atoms with Crippen LogP contribution in [-0.4, -0.2) is 24.4 Å². The molecule has 7 heteroatoms. The molecule has 0 saturated carbocycles. The summed E-state index contributed by atoms with van der Waals surface area (Å²) in [7, 11) is 1.54. The van der Waals surface area contributed by atoms with Gasteiger partial charge < -0.3 is 10.6 Å². The summed E-state index contributed by atoms with van der Waals surface area (Å²) in [5.74, 6) is -0.382. The standard InChI is InChI=1S/C13H18ClN3O3/c1-13(2,3)7-16-12(18)8-5-9(14)11(15-4)10(6-8)17(19)20/h5-6,15H,7H2,1-4H3,(H,16,18). The first-order valence-corrected chi connectivity index (χ1v) is 6.47. The minimum Gasteiger partial charge on any atom is -0.381 e. The molecule has 0 atom stereocenters. The summed E-state index contributed by atoms with van der Waals surface area (Å²) in [6.45, 7) is 6.40. The lowest BCUT2D eigenvalue weighted by Gasteiger charge is -2.18. The van der Waals surface area contributed by atoms with Crippen molar-refractivity contribution in [1.29, 1.82) is 0 Å². The zero-order valence-electron chi connectivity index (χ0n) is 11.9. The van der Waals surface area contributed by atoms with Crippen LogP contribution in [0.25, 0.3) is 0 Å². The number of carbonyl (C=O) groups excluding carboxylic acids is 1. The van der Waals surface area contributed by atoms with Crippen LogP contribution in [0, 0.1) is 15.5 Å². The van der Waals surface area contributed by atoms with Gasteiger partial charge in [0.1, 0.15) is 5.69 Å². The van der Waals surface area contributed by atoms with Crippen LogP contribution in [0.2, 0.25) is 5.02 Å². The normalized spacial score (nSPS) is 11.1. The molecule has 0 saturated heterocycles. The van der Waals surface area contributed by atoms with Gasteiger partial charge in [-0.1, -0.05) is 32.4 Å². The molecule has 1 amide bonds. The van der Waals surface area contributed by atoms with E-state index in [2.05, 4.69) is 10.6 Å². The SMILES string of the molecule is CNc1c(Cl)cc(C(=O)NCC(C)(C)C)cc1[N+](=O)[O-]. The fourth-order valence-electron chi connectivity index (χ4n) is 1.56. The van der Waals surface area contributed by atoms with Gasteiger partial charge >= 0.3 is 0 Å². The zero-order valence-corrected chi connectivity index (χ0v) is 12.7. The molecule has 0 radical (unpaired) electrons. The van der Waals surface area contributed by atoms with E-state index in [0.29, 0.717) is 6.54 Å². The van der Waals surface area contributed by atoms with Crippen LogP contribution >= 0.6 is 11.6 Å². The van der Waals surface area contributed by atoms with E-state index < -0.39 is 4.92 Å². The van der Waals surface area contributed by atoms with Gasteiger partial charge in [0.15, 0.2) is 0 Å². The van der Waals surface area contributed by atoms with E-state index in [1.165, 1.54) is 19.2 Å². The van der Waals surface area contributed by atoms with Crippen LogP contribution in [0.15, 0.2) is 12.1 Å². The van der Waals surface area contributed by atoms with E-state index in [9.17, 15) is 14.9 Å². The molecule has 0 aliphatic heterocycles. The van der Waals surface area contributed by atoms with Crippen molar-refractivity contribution in [2.75, 3.05) is 18.9 Å². The van der Waals surface area contributed by atoms with Crippen molar-refractivity contribution in [3.05, 3.63) is 32.8 Å². The predicted octanol–water partition coefficient (Wildman–Crippen LogP) is 3.07.